The van der Waals surface area contributed by atoms with E-state index in [0.29, 0.717) is 11.4 Å². The Morgan fingerprint density at radius 1 is 1.10 bits per heavy atom. The van der Waals surface area contributed by atoms with E-state index in [1.807, 2.05) is 36.0 Å². The van der Waals surface area contributed by atoms with E-state index in [2.05, 4.69) is 58.7 Å². The van der Waals surface area contributed by atoms with Crippen molar-refractivity contribution in [1.29, 1.82) is 0 Å². The molecule has 1 amide bonds. The number of benzene rings is 2. The Balaban J connectivity index is 1.48. The van der Waals surface area contributed by atoms with E-state index in [1.54, 1.807) is 6.20 Å². The van der Waals surface area contributed by atoms with Gasteiger partial charge in [-0.15, -0.1) is 11.3 Å². The summed E-state index contributed by atoms with van der Waals surface area (Å²) >= 11 is 1.48. The first-order chi connectivity index (χ1) is 14.6. The van der Waals surface area contributed by atoms with Gasteiger partial charge in [-0.2, -0.15) is 5.10 Å². The van der Waals surface area contributed by atoms with Gasteiger partial charge in [0, 0.05) is 18.9 Å². The topological polar surface area (TPSA) is 59.8 Å². The molecule has 0 bridgehead atoms. The Labute approximate surface area is 180 Å². The molecule has 0 saturated carbocycles. The van der Waals surface area contributed by atoms with E-state index in [4.69, 9.17) is 0 Å². The number of hydrogen-bond acceptors (Lipinski definition) is 4. The third-order valence-electron chi connectivity index (χ3n) is 4.98. The number of amides is 1. The first-order valence-electron chi connectivity index (χ1n) is 10.0. The van der Waals surface area contributed by atoms with Crippen LogP contribution >= 0.6 is 11.3 Å². The van der Waals surface area contributed by atoms with Crippen LogP contribution in [0.4, 0.5) is 0 Å². The molecule has 1 N–H and O–H groups in total. The van der Waals surface area contributed by atoms with Crippen molar-refractivity contribution in [2.24, 2.45) is 0 Å². The number of hydrogen-bond donors (Lipinski definition) is 1. The monoisotopic (exact) mass is 416 g/mol. The lowest BCUT2D eigenvalue weighted by Crippen LogP contribution is -2.22. The lowest BCUT2D eigenvalue weighted by Gasteiger charge is -2.12. The number of nitrogens with zero attached hydrogens (tertiary/aromatic N) is 3. The molecular weight excluding hydrogens is 392 g/mol. The molecule has 6 heteroatoms. The van der Waals surface area contributed by atoms with Gasteiger partial charge in [0.2, 0.25) is 0 Å². The number of rotatable bonds is 7. The molecule has 2 aromatic heterocycles. The summed E-state index contributed by atoms with van der Waals surface area (Å²) in [5.74, 6) is -0.0610. The van der Waals surface area contributed by atoms with Crippen LogP contribution in [0.5, 0.6) is 0 Å². The molecule has 0 saturated heterocycles. The van der Waals surface area contributed by atoms with Crippen LogP contribution in [0, 0.1) is 6.92 Å². The van der Waals surface area contributed by atoms with Gasteiger partial charge in [-0.3, -0.25) is 9.48 Å². The summed E-state index contributed by atoms with van der Waals surface area (Å²) in [5, 5.41) is 8.32. The molecular formula is C24H24N4OS. The zero-order valence-electron chi connectivity index (χ0n) is 17.1. The van der Waals surface area contributed by atoms with Crippen LogP contribution in [0.2, 0.25) is 0 Å². The van der Waals surface area contributed by atoms with Gasteiger partial charge in [-0.25, -0.2) is 4.98 Å². The number of carbonyl (C=O) groups is 1. The summed E-state index contributed by atoms with van der Waals surface area (Å²) in [5.41, 5.74) is 5.34. The minimum absolute atomic E-state index is 0.0610. The molecule has 2 heterocycles. The van der Waals surface area contributed by atoms with Crippen molar-refractivity contribution >= 4 is 17.2 Å². The van der Waals surface area contributed by atoms with Crippen LogP contribution in [-0.2, 0) is 19.5 Å². The number of aromatic nitrogens is 3. The van der Waals surface area contributed by atoms with Crippen LogP contribution < -0.4 is 5.32 Å². The predicted molar refractivity (Wildman–Crippen MR) is 121 cm³/mol. The third kappa shape index (κ3) is 4.49. The highest BCUT2D eigenvalue weighted by Crippen LogP contribution is 2.25. The summed E-state index contributed by atoms with van der Waals surface area (Å²) in [6.07, 6.45) is 4.59. The second kappa shape index (κ2) is 9.05. The Bertz CT molecular complexity index is 1130. The third-order valence-corrected chi connectivity index (χ3v) is 6.28. The highest BCUT2D eigenvalue weighted by Gasteiger charge is 2.15. The Morgan fingerprint density at radius 3 is 2.60 bits per heavy atom. The van der Waals surface area contributed by atoms with Gasteiger partial charge in [-0.1, -0.05) is 55.5 Å². The average Bonchev–Trinajstić information content (AvgIpc) is 3.42. The van der Waals surface area contributed by atoms with Gasteiger partial charge in [0.15, 0.2) is 0 Å². The minimum atomic E-state index is -0.0610. The van der Waals surface area contributed by atoms with Crippen molar-refractivity contribution in [1.82, 2.24) is 20.1 Å². The number of nitrogens with one attached hydrogen (secondary N) is 1. The molecule has 152 valence electrons. The van der Waals surface area contributed by atoms with Crippen LogP contribution in [-0.4, -0.2) is 20.7 Å². The van der Waals surface area contributed by atoms with E-state index >= 15 is 0 Å². The van der Waals surface area contributed by atoms with Crippen molar-refractivity contribution in [2.45, 2.75) is 33.4 Å². The maximum Gasteiger partial charge on any atom is 0.263 e. The number of aryl methyl sites for hydroxylation is 2. The van der Waals surface area contributed by atoms with Gasteiger partial charge in [0.1, 0.15) is 4.88 Å². The van der Waals surface area contributed by atoms with Crippen molar-refractivity contribution < 1.29 is 4.79 Å². The first kappa shape index (κ1) is 20.0. The summed E-state index contributed by atoms with van der Waals surface area (Å²) in [7, 11) is 0. The molecule has 0 fully saturated rings. The predicted octanol–water partition coefficient (Wildman–Crippen LogP) is 4.86. The molecule has 0 aliphatic carbocycles. The van der Waals surface area contributed by atoms with E-state index in [9.17, 15) is 4.79 Å². The number of thiazole rings is 1. The van der Waals surface area contributed by atoms with Crippen molar-refractivity contribution in [3.63, 3.8) is 0 Å². The summed E-state index contributed by atoms with van der Waals surface area (Å²) in [6, 6.07) is 18.6. The van der Waals surface area contributed by atoms with Crippen molar-refractivity contribution in [3.05, 3.63) is 93.7 Å². The molecule has 5 nitrogen and oxygen atoms in total. The fourth-order valence-corrected chi connectivity index (χ4v) is 4.32. The minimum Gasteiger partial charge on any atom is -0.347 e. The molecule has 4 rings (SSSR count). The normalized spacial score (nSPS) is 10.9. The first-order valence-corrected chi connectivity index (χ1v) is 10.8. The SMILES string of the molecule is CCc1nc(C)c(C(=O)NCc2ccccc2-c2ccc(Cn3cccn3)cc2)s1. The number of carbonyl (C=O) groups excluding carboxylic acids is 1. The molecule has 0 spiro atoms. The largest absolute Gasteiger partial charge is 0.347 e. The van der Waals surface area contributed by atoms with Crippen molar-refractivity contribution in [2.75, 3.05) is 0 Å². The molecule has 0 unspecified atom stereocenters. The quantitative estimate of drug-likeness (QED) is 0.468. The highest BCUT2D eigenvalue weighted by molar-refractivity contribution is 7.13. The van der Waals surface area contributed by atoms with Gasteiger partial charge in [-0.05, 0) is 41.7 Å². The summed E-state index contributed by atoms with van der Waals surface area (Å²) in [6.45, 7) is 5.17. The van der Waals surface area contributed by atoms with Crippen LogP contribution in [0.25, 0.3) is 11.1 Å². The Morgan fingerprint density at radius 2 is 1.90 bits per heavy atom. The lowest BCUT2D eigenvalue weighted by molar-refractivity contribution is 0.0954. The molecule has 0 aliphatic rings. The molecule has 30 heavy (non-hydrogen) atoms. The summed E-state index contributed by atoms with van der Waals surface area (Å²) < 4.78 is 1.91. The fourth-order valence-electron chi connectivity index (χ4n) is 3.40. The average molecular weight is 417 g/mol. The van der Waals surface area contributed by atoms with Crippen LogP contribution in [0.15, 0.2) is 67.0 Å². The maximum absolute atomic E-state index is 12.7. The molecule has 0 atom stereocenters. The van der Waals surface area contributed by atoms with E-state index in [0.717, 1.165) is 40.4 Å². The second-order valence-corrected chi connectivity index (χ2v) is 8.20. The van der Waals surface area contributed by atoms with E-state index in [-0.39, 0.29) is 5.91 Å². The van der Waals surface area contributed by atoms with Gasteiger partial charge < -0.3 is 5.32 Å². The standard InChI is InChI=1S/C24H24N4OS/c1-3-22-27-17(2)23(30-22)24(29)25-15-20-7-4-5-8-21(20)19-11-9-18(10-12-19)16-28-14-6-13-26-28/h4-14H,3,15-16H2,1-2H3,(H,25,29). The summed E-state index contributed by atoms with van der Waals surface area (Å²) in [4.78, 5) is 17.8. The molecule has 0 radical (unpaired) electrons. The van der Waals surface area contributed by atoms with Crippen molar-refractivity contribution in [3.8, 4) is 11.1 Å². The molecule has 0 aliphatic heterocycles. The highest BCUT2D eigenvalue weighted by atomic mass is 32.1. The van der Waals surface area contributed by atoms with Crippen LogP contribution in [0.3, 0.4) is 0 Å². The van der Waals surface area contributed by atoms with Gasteiger partial charge in [0.05, 0.1) is 17.2 Å². The van der Waals surface area contributed by atoms with Gasteiger partial charge in [0.25, 0.3) is 5.91 Å². The smallest absolute Gasteiger partial charge is 0.263 e. The zero-order chi connectivity index (χ0) is 20.9. The van der Waals surface area contributed by atoms with Crippen LogP contribution in [0.1, 0.15) is 38.4 Å². The lowest BCUT2D eigenvalue weighted by atomic mass is 9.98. The van der Waals surface area contributed by atoms with E-state index in [1.165, 1.54) is 16.9 Å². The second-order valence-electron chi connectivity index (χ2n) is 7.12. The fraction of sp³-hybridized carbons (Fsp3) is 0.208. The maximum atomic E-state index is 12.7. The molecule has 4 aromatic rings. The zero-order valence-corrected chi connectivity index (χ0v) is 17.9. The Kier molecular flexibility index (Phi) is 6.05. The Hall–Kier alpha value is -3.25. The molecule has 2 aromatic carbocycles. The van der Waals surface area contributed by atoms with E-state index < -0.39 is 0 Å². The van der Waals surface area contributed by atoms with Gasteiger partial charge >= 0.3 is 0 Å².